The number of rotatable bonds is 6. The second kappa shape index (κ2) is 8.45. The number of hydrogen-bond donors (Lipinski definition) is 3. The molecule has 0 saturated heterocycles. The first-order valence-corrected chi connectivity index (χ1v) is 10.2. The van der Waals surface area contributed by atoms with Gasteiger partial charge in [-0.15, -0.1) is 0 Å². The lowest BCUT2D eigenvalue weighted by atomic mass is 9.97. The molecule has 0 aliphatic rings. The molecule has 1 amide bonds. The summed E-state index contributed by atoms with van der Waals surface area (Å²) in [6.45, 7) is -0.440. The fourth-order valence-corrected chi connectivity index (χ4v) is 3.70. The van der Waals surface area contributed by atoms with Gasteiger partial charge in [0.05, 0.1) is 5.52 Å². The van der Waals surface area contributed by atoms with Crippen molar-refractivity contribution in [3.8, 4) is 11.1 Å². The summed E-state index contributed by atoms with van der Waals surface area (Å²) in [6, 6.07) is 8.20. The Morgan fingerprint density at radius 3 is 2.62 bits per heavy atom. The van der Waals surface area contributed by atoms with Gasteiger partial charge in [-0.3, -0.25) is 14.3 Å². The Balaban J connectivity index is 1.51. The molecule has 0 aliphatic heterocycles. The normalized spacial score (nSPS) is 13.7. The first-order chi connectivity index (χ1) is 16.0. The maximum absolute atomic E-state index is 13.6. The van der Waals surface area contributed by atoms with E-state index in [0.717, 1.165) is 10.8 Å². The third-order valence-electron chi connectivity index (χ3n) is 5.65. The van der Waals surface area contributed by atoms with Gasteiger partial charge in [0.25, 0.3) is 5.91 Å². The van der Waals surface area contributed by atoms with Crippen molar-refractivity contribution in [3.63, 3.8) is 0 Å². The molecule has 0 fully saturated rings. The number of imidazole rings is 2. The number of carbonyl (C=O) groups is 1. The minimum Gasteiger partial charge on any atom is -0.374 e. The highest BCUT2D eigenvalue weighted by Gasteiger charge is 2.57. The van der Waals surface area contributed by atoms with Gasteiger partial charge < -0.3 is 15.0 Å². The van der Waals surface area contributed by atoms with Gasteiger partial charge in [0.2, 0.25) is 5.60 Å². The fourth-order valence-electron chi connectivity index (χ4n) is 3.70. The van der Waals surface area contributed by atoms with Crippen molar-refractivity contribution in [2.24, 2.45) is 14.1 Å². The van der Waals surface area contributed by atoms with E-state index >= 15 is 0 Å². The number of H-pyrrole nitrogens is 1. The number of nitrogens with one attached hydrogen (secondary N) is 2. The number of carbonyl (C=O) groups excluding carboxylic acids is 1. The number of aromatic amines is 1. The van der Waals surface area contributed by atoms with E-state index < -0.39 is 36.5 Å². The number of pyridine rings is 1. The summed E-state index contributed by atoms with van der Waals surface area (Å²) in [5.41, 5.74) is -1.01. The van der Waals surface area contributed by atoms with Crippen molar-refractivity contribution in [2.45, 2.75) is 18.2 Å². The lowest BCUT2D eigenvalue weighted by molar-refractivity contribution is -0.272. The summed E-state index contributed by atoms with van der Waals surface area (Å²) in [5, 5.41) is 12.8. The number of amides is 1. The van der Waals surface area contributed by atoms with Crippen LogP contribution in [0, 0.1) is 0 Å². The number of benzene rings is 1. The second-order valence-electron chi connectivity index (χ2n) is 7.89. The van der Waals surface area contributed by atoms with E-state index in [4.69, 9.17) is 0 Å². The molecule has 178 valence electrons. The Morgan fingerprint density at radius 1 is 1.18 bits per heavy atom. The molecule has 4 aromatic rings. The van der Waals surface area contributed by atoms with Crippen molar-refractivity contribution in [3.05, 3.63) is 70.8 Å². The van der Waals surface area contributed by atoms with Gasteiger partial charge in [-0.25, -0.2) is 14.8 Å². The standard InChI is InChI=1S/C22H21F3N6O3/c1-30-9-8-27-19(30)21(34,22(23,24)25)6-7-26-18(32)14-5-3-4-13(10-14)15-11-16-17(28-12-15)29-20(33)31(16)2/h3-5,8-12,34H,6-7H2,1-2H3,(H,26,32)(H,28,29,33)/t21-/m0/s1. The van der Waals surface area contributed by atoms with E-state index in [0.29, 0.717) is 22.3 Å². The largest absolute Gasteiger partial charge is 0.424 e. The van der Waals surface area contributed by atoms with Crippen molar-refractivity contribution < 1.29 is 23.1 Å². The van der Waals surface area contributed by atoms with Crippen LogP contribution in [-0.2, 0) is 19.7 Å². The second-order valence-corrected chi connectivity index (χ2v) is 7.89. The third kappa shape index (κ3) is 4.07. The maximum atomic E-state index is 13.6. The summed E-state index contributed by atoms with van der Waals surface area (Å²) >= 11 is 0. The van der Waals surface area contributed by atoms with Crippen LogP contribution in [0.4, 0.5) is 13.2 Å². The van der Waals surface area contributed by atoms with Gasteiger partial charge in [-0.2, -0.15) is 13.2 Å². The van der Waals surface area contributed by atoms with Crippen molar-refractivity contribution in [2.75, 3.05) is 6.54 Å². The Morgan fingerprint density at radius 2 is 1.94 bits per heavy atom. The molecule has 1 atom stereocenters. The minimum absolute atomic E-state index is 0.216. The number of halogens is 3. The quantitative estimate of drug-likeness (QED) is 0.396. The molecule has 4 rings (SSSR count). The Bertz CT molecular complexity index is 1420. The molecule has 34 heavy (non-hydrogen) atoms. The van der Waals surface area contributed by atoms with Crippen LogP contribution in [0.1, 0.15) is 22.6 Å². The lowest BCUT2D eigenvalue weighted by Gasteiger charge is -2.30. The molecule has 9 nitrogen and oxygen atoms in total. The van der Waals surface area contributed by atoms with E-state index in [-0.39, 0.29) is 11.3 Å². The fraction of sp³-hybridized carbons (Fsp3) is 0.273. The van der Waals surface area contributed by atoms with Gasteiger partial charge in [-0.1, -0.05) is 12.1 Å². The highest BCUT2D eigenvalue weighted by Crippen LogP contribution is 2.40. The summed E-state index contributed by atoms with van der Waals surface area (Å²) in [4.78, 5) is 34.9. The van der Waals surface area contributed by atoms with Crippen LogP contribution in [0.2, 0.25) is 0 Å². The first kappa shape index (κ1) is 23.2. The molecular formula is C22H21F3N6O3. The molecule has 0 radical (unpaired) electrons. The van der Waals surface area contributed by atoms with Gasteiger partial charge in [0.15, 0.2) is 5.65 Å². The van der Waals surface area contributed by atoms with Gasteiger partial charge in [-0.05, 0) is 23.8 Å². The van der Waals surface area contributed by atoms with Crippen LogP contribution in [0.25, 0.3) is 22.3 Å². The number of aliphatic hydroxyl groups is 1. The van der Waals surface area contributed by atoms with Gasteiger partial charge in [0.1, 0.15) is 5.82 Å². The monoisotopic (exact) mass is 474 g/mol. The van der Waals surface area contributed by atoms with Crippen LogP contribution in [0.5, 0.6) is 0 Å². The number of nitrogens with zero attached hydrogens (tertiary/aromatic N) is 4. The summed E-state index contributed by atoms with van der Waals surface area (Å²) in [5.74, 6) is -1.16. The van der Waals surface area contributed by atoms with Crippen LogP contribution < -0.4 is 11.0 Å². The molecule has 0 unspecified atom stereocenters. The van der Waals surface area contributed by atoms with E-state index in [1.807, 2.05) is 0 Å². The molecule has 0 spiro atoms. The molecule has 12 heteroatoms. The molecular weight excluding hydrogens is 453 g/mol. The van der Waals surface area contributed by atoms with Crippen molar-refractivity contribution >= 4 is 17.1 Å². The summed E-state index contributed by atoms with van der Waals surface area (Å²) in [6.07, 6.45) is -1.79. The third-order valence-corrected chi connectivity index (χ3v) is 5.65. The minimum atomic E-state index is -4.99. The van der Waals surface area contributed by atoms with Crippen molar-refractivity contribution in [1.29, 1.82) is 0 Å². The number of aromatic nitrogens is 5. The molecule has 0 saturated carbocycles. The maximum Gasteiger partial charge on any atom is 0.424 e. The predicted octanol–water partition coefficient (Wildman–Crippen LogP) is 2.23. The number of aryl methyl sites for hydroxylation is 2. The van der Waals surface area contributed by atoms with Crippen LogP contribution >= 0.6 is 0 Å². The molecule has 1 aromatic carbocycles. The summed E-state index contributed by atoms with van der Waals surface area (Å²) < 4.78 is 43.4. The predicted molar refractivity (Wildman–Crippen MR) is 117 cm³/mol. The van der Waals surface area contributed by atoms with Crippen LogP contribution in [0.15, 0.2) is 53.7 Å². The molecule has 0 bridgehead atoms. The molecule has 3 heterocycles. The van der Waals surface area contributed by atoms with Gasteiger partial charge >= 0.3 is 11.9 Å². The van der Waals surface area contributed by atoms with E-state index in [1.54, 1.807) is 37.5 Å². The van der Waals surface area contributed by atoms with Crippen molar-refractivity contribution in [1.82, 2.24) is 29.4 Å². The zero-order valence-corrected chi connectivity index (χ0v) is 18.2. The topological polar surface area (TPSA) is 118 Å². The van der Waals surface area contributed by atoms with E-state index in [2.05, 4.69) is 20.3 Å². The number of hydrogen-bond acceptors (Lipinski definition) is 5. The smallest absolute Gasteiger partial charge is 0.374 e. The SMILES string of the molecule is Cn1ccnc1[C@@](O)(CCNC(=O)c1cccc(-c2cnc3[nH]c(=O)n(C)c3c2)c1)C(F)(F)F. The molecule has 3 N–H and O–H groups in total. The average molecular weight is 474 g/mol. The molecule has 3 aromatic heterocycles. The van der Waals surface area contributed by atoms with Crippen LogP contribution in [0.3, 0.4) is 0 Å². The zero-order chi connectivity index (χ0) is 24.7. The zero-order valence-electron chi connectivity index (χ0n) is 18.2. The number of alkyl halides is 3. The Labute approximate surface area is 190 Å². The lowest BCUT2D eigenvalue weighted by Crippen LogP contribution is -2.46. The summed E-state index contributed by atoms with van der Waals surface area (Å²) in [7, 11) is 2.95. The number of fused-ring (bicyclic) bond motifs is 1. The van der Waals surface area contributed by atoms with Gasteiger partial charge in [0, 0.05) is 56.8 Å². The van der Waals surface area contributed by atoms with E-state index in [1.165, 1.54) is 23.9 Å². The highest BCUT2D eigenvalue weighted by molar-refractivity contribution is 5.95. The molecule has 0 aliphatic carbocycles. The highest BCUT2D eigenvalue weighted by atomic mass is 19.4. The van der Waals surface area contributed by atoms with Crippen LogP contribution in [-0.4, -0.2) is 47.8 Å². The average Bonchev–Trinajstić information content (AvgIpc) is 3.35. The first-order valence-electron chi connectivity index (χ1n) is 10.2. The Hall–Kier alpha value is -3.93. The Kier molecular flexibility index (Phi) is 5.77. The van der Waals surface area contributed by atoms with E-state index in [9.17, 15) is 27.9 Å².